The predicted octanol–water partition coefficient (Wildman–Crippen LogP) is 2.27. The van der Waals surface area contributed by atoms with E-state index >= 15 is 0 Å². The molecule has 0 bridgehead atoms. The van der Waals surface area contributed by atoms with Gasteiger partial charge in [0.25, 0.3) is 5.91 Å². The van der Waals surface area contributed by atoms with Crippen molar-refractivity contribution in [3.63, 3.8) is 0 Å². The maximum absolute atomic E-state index is 12.1. The Morgan fingerprint density at radius 2 is 1.64 bits per heavy atom. The smallest absolute Gasteiger partial charge is 0.399 e. The Balaban J connectivity index is 1.68. The molecule has 0 atom stereocenters. The number of amides is 1. The maximum atomic E-state index is 12.1. The van der Waals surface area contributed by atoms with Crippen LogP contribution >= 0.6 is 0 Å². The average Bonchev–Trinajstić information content (AvgIpc) is 2.63. The first-order valence-electron chi connectivity index (χ1n) is 8.05. The van der Waals surface area contributed by atoms with E-state index < -0.39 is 0 Å². The van der Waals surface area contributed by atoms with Crippen LogP contribution in [0.5, 0.6) is 0 Å². The zero-order valence-corrected chi connectivity index (χ0v) is 13.8. The zero-order chi connectivity index (χ0) is 16.0. The van der Waals surface area contributed by atoms with Crippen LogP contribution in [0.3, 0.4) is 0 Å². The van der Waals surface area contributed by atoms with Gasteiger partial charge in [-0.3, -0.25) is 4.79 Å². The number of nitrogens with one attached hydrogen (secondary N) is 1. The molecule has 4 nitrogen and oxygen atoms in total. The molecule has 0 radical (unpaired) electrons. The minimum Gasteiger partial charge on any atom is -0.399 e. The van der Waals surface area contributed by atoms with E-state index in [2.05, 4.69) is 5.32 Å². The van der Waals surface area contributed by atoms with Crippen molar-refractivity contribution in [1.82, 2.24) is 5.32 Å². The minimum atomic E-state index is -0.381. The molecular formula is C17H24BNO3. The third-order valence-electron chi connectivity index (χ3n) is 5.14. The molecular weight excluding hydrogens is 277 g/mol. The van der Waals surface area contributed by atoms with Crippen LogP contribution in [0, 0.1) is 0 Å². The van der Waals surface area contributed by atoms with Crippen molar-refractivity contribution in [3.05, 3.63) is 29.8 Å². The van der Waals surface area contributed by atoms with Crippen molar-refractivity contribution in [2.75, 3.05) is 0 Å². The number of rotatable bonds is 3. The summed E-state index contributed by atoms with van der Waals surface area (Å²) in [7, 11) is -0.381. The first-order chi connectivity index (χ1) is 10.3. The summed E-state index contributed by atoms with van der Waals surface area (Å²) in [6.07, 6.45) is 3.40. The number of benzene rings is 1. The van der Waals surface area contributed by atoms with E-state index in [-0.39, 0.29) is 24.2 Å². The molecule has 1 aliphatic heterocycles. The highest BCUT2D eigenvalue weighted by molar-refractivity contribution is 6.62. The van der Waals surface area contributed by atoms with Crippen molar-refractivity contribution in [1.29, 1.82) is 0 Å². The van der Waals surface area contributed by atoms with Gasteiger partial charge in [0.05, 0.1) is 11.2 Å². The third-order valence-corrected chi connectivity index (χ3v) is 5.14. The van der Waals surface area contributed by atoms with Crippen LogP contribution in [0.2, 0.25) is 0 Å². The standard InChI is InChI=1S/C17H24BNO3/c1-16(2)17(3,4)22-18(21-16)13-10-8-12(9-11-13)15(20)19-14-6-5-7-14/h8-11,14H,5-7H2,1-4H3,(H,19,20). The lowest BCUT2D eigenvalue weighted by Gasteiger charge is -2.32. The summed E-state index contributed by atoms with van der Waals surface area (Å²) in [4.78, 5) is 12.1. The fourth-order valence-corrected chi connectivity index (χ4v) is 2.59. The van der Waals surface area contributed by atoms with Gasteiger partial charge < -0.3 is 14.6 Å². The molecule has 1 saturated carbocycles. The Morgan fingerprint density at radius 3 is 2.09 bits per heavy atom. The van der Waals surface area contributed by atoms with Gasteiger partial charge in [-0.05, 0) is 64.6 Å². The van der Waals surface area contributed by atoms with E-state index in [1.54, 1.807) is 0 Å². The normalized spacial score (nSPS) is 23.2. The second kappa shape index (κ2) is 5.39. The Bertz CT molecular complexity index is 548. The topological polar surface area (TPSA) is 47.6 Å². The van der Waals surface area contributed by atoms with Crippen molar-refractivity contribution >= 4 is 18.5 Å². The molecule has 0 spiro atoms. The number of hydrogen-bond donors (Lipinski definition) is 1. The number of carbonyl (C=O) groups excluding carboxylic acids is 1. The van der Waals surface area contributed by atoms with E-state index in [0.29, 0.717) is 11.6 Å². The average molecular weight is 301 g/mol. The lowest BCUT2D eigenvalue weighted by molar-refractivity contribution is 0.00578. The first-order valence-corrected chi connectivity index (χ1v) is 8.05. The predicted molar refractivity (Wildman–Crippen MR) is 87.3 cm³/mol. The van der Waals surface area contributed by atoms with Gasteiger partial charge >= 0.3 is 7.12 Å². The summed E-state index contributed by atoms with van der Waals surface area (Å²) in [5, 5.41) is 3.05. The summed E-state index contributed by atoms with van der Waals surface area (Å²) in [6.45, 7) is 8.14. The molecule has 1 amide bonds. The lowest BCUT2D eigenvalue weighted by atomic mass is 9.79. The summed E-state index contributed by atoms with van der Waals surface area (Å²) in [6, 6.07) is 7.87. The molecule has 1 saturated heterocycles. The molecule has 1 aromatic carbocycles. The Morgan fingerprint density at radius 1 is 1.09 bits per heavy atom. The molecule has 22 heavy (non-hydrogen) atoms. The SMILES string of the molecule is CC1(C)OB(c2ccc(C(=O)NC3CCC3)cc2)OC1(C)C. The second-order valence-corrected chi connectivity index (χ2v) is 7.31. The zero-order valence-electron chi connectivity index (χ0n) is 13.8. The van der Waals surface area contributed by atoms with E-state index in [1.165, 1.54) is 6.42 Å². The second-order valence-electron chi connectivity index (χ2n) is 7.31. The van der Waals surface area contributed by atoms with E-state index in [1.807, 2.05) is 52.0 Å². The highest BCUT2D eigenvalue weighted by Gasteiger charge is 2.51. The molecule has 1 N–H and O–H groups in total. The van der Waals surface area contributed by atoms with Crippen molar-refractivity contribution < 1.29 is 14.1 Å². The quantitative estimate of drug-likeness (QED) is 0.871. The highest BCUT2D eigenvalue weighted by Crippen LogP contribution is 2.36. The van der Waals surface area contributed by atoms with Gasteiger partial charge in [0.1, 0.15) is 0 Å². The van der Waals surface area contributed by atoms with Gasteiger partial charge in [-0.15, -0.1) is 0 Å². The molecule has 1 heterocycles. The summed E-state index contributed by atoms with van der Waals surface area (Å²) < 4.78 is 12.0. The van der Waals surface area contributed by atoms with Crippen molar-refractivity contribution in [3.8, 4) is 0 Å². The molecule has 2 fully saturated rings. The van der Waals surface area contributed by atoms with Crippen molar-refractivity contribution in [2.24, 2.45) is 0 Å². The molecule has 1 aliphatic carbocycles. The molecule has 2 aliphatic rings. The fraction of sp³-hybridized carbons (Fsp3) is 0.588. The Labute approximate surface area is 132 Å². The Kier molecular flexibility index (Phi) is 3.81. The first kappa shape index (κ1) is 15.6. The van der Waals surface area contributed by atoms with Crippen LogP contribution < -0.4 is 10.8 Å². The molecule has 5 heteroatoms. The van der Waals surface area contributed by atoms with Gasteiger partial charge in [-0.1, -0.05) is 12.1 Å². The van der Waals surface area contributed by atoms with Crippen LogP contribution in [0.25, 0.3) is 0 Å². The van der Waals surface area contributed by atoms with Crippen LogP contribution in [-0.4, -0.2) is 30.3 Å². The van der Waals surface area contributed by atoms with Crippen LogP contribution in [0.4, 0.5) is 0 Å². The maximum Gasteiger partial charge on any atom is 0.494 e. The third kappa shape index (κ3) is 2.80. The molecule has 0 unspecified atom stereocenters. The molecule has 1 aromatic rings. The number of hydrogen-bond acceptors (Lipinski definition) is 3. The van der Waals surface area contributed by atoms with E-state index in [4.69, 9.17) is 9.31 Å². The van der Waals surface area contributed by atoms with Crippen LogP contribution in [0.1, 0.15) is 57.3 Å². The fourth-order valence-electron chi connectivity index (χ4n) is 2.59. The number of carbonyl (C=O) groups is 1. The monoisotopic (exact) mass is 301 g/mol. The van der Waals surface area contributed by atoms with Gasteiger partial charge in [-0.25, -0.2) is 0 Å². The van der Waals surface area contributed by atoms with E-state index in [0.717, 1.165) is 18.3 Å². The summed E-state index contributed by atoms with van der Waals surface area (Å²) in [5.74, 6) is 0.00479. The highest BCUT2D eigenvalue weighted by atomic mass is 16.7. The van der Waals surface area contributed by atoms with Crippen LogP contribution in [0.15, 0.2) is 24.3 Å². The molecule has 3 rings (SSSR count). The van der Waals surface area contributed by atoms with Gasteiger partial charge in [-0.2, -0.15) is 0 Å². The Hall–Kier alpha value is -1.33. The minimum absolute atomic E-state index is 0.00479. The molecule has 118 valence electrons. The molecule has 0 aromatic heterocycles. The summed E-state index contributed by atoms with van der Waals surface area (Å²) >= 11 is 0. The van der Waals surface area contributed by atoms with Gasteiger partial charge in [0.2, 0.25) is 0 Å². The lowest BCUT2D eigenvalue weighted by Crippen LogP contribution is -2.41. The summed E-state index contributed by atoms with van der Waals surface area (Å²) in [5.41, 5.74) is 0.932. The largest absolute Gasteiger partial charge is 0.494 e. The van der Waals surface area contributed by atoms with Gasteiger partial charge in [0, 0.05) is 11.6 Å². The van der Waals surface area contributed by atoms with E-state index in [9.17, 15) is 4.79 Å². The van der Waals surface area contributed by atoms with Gasteiger partial charge in [0.15, 0.2) is 0 Å². The van der Waals surface area contributed by atoms with Crippen LogP contribution in [-0.2, 0) is 9.31 Å². The van der Waals surface area contributed by atoms with Crippen molar-refractivity contribution in [2.45, 2.75) is 64.2 Å².